The van der Waals surface area contributed by atoms with E-state index in [1.165, 1.54) is 0 Å². The number of piperidine rings is 1. The van der Waals surface area contributed by atoms with Crippen LogP contribution in [0.5, 0.6) is 0 Å². The minimum Gasteiger partial charge on any atom is -0.481 e. The van der Waals surface area contributed by atoms with Crippen molar-refractivity contribution in [1.82, 2.24) is 14.7 Å². The molecule has 0 aromatic rings. The number of likely N-dealkylation sites (tertiary alicyclic amines) is 1. The molecule has 0 saturated carbocycles. The van der Waals surface area contributed by atoms with E-state index < -0.39 is 11.4 Å². The minimum absolute atomic E-state index is 0.491. The predicted molar refractivity (Wildman–Crippen MR) is 84.6 cm³/mol. The molecule has 2 heterocycles. The number of rotatable bonds is 6. The number of nitrogens with zero attached hydrogens (tertiary/aromatic N) is 3. The highest BCUT2D eigenvalue weighted by Gasteiger charge is 2.41. The molecule has 1 unspecified atom stereocenters. The van der Waals surface area contributed by atoms with Gasteiger partial charge in [-0.3, -0.25) is 9.69 Å². The molecule has 0 amide bonds. The maximum atomic E-state index is 11.7. The zero-order chi connectivity index (χ0) is 15.3. The van der Waals surface area contributed by atoms with Gasteiger partial charge in [-0.15, -0.1) is 0 Å². The Hall–Kier alpha value is -0.650. The van der Waals surface area contributed by atoms with Crippen LogP contribution in [0, 0.1) is 5.41 Å². The summed E-state index contributed by atoms with van der Waals surface area (Å²) in [5.74, 6) is -0.589. The molecule has 2 aliphatic rings. The second-order valence-corrected chi connectivity index (χ2v) is 6.86. The van der Waals surface area contributed by atoms with Crippen molar-refractivity contribution in [3.8, 4) is 0 Å². The van der Waals surface area contributed by atoms with Gasteiger partial charge in [0.2, 0.25) is 0 Å². The fraction of sp³-hybridized carbons (Fsp3) is 0.938. The molecule has 0 spiro atoms. The van der Waals surface area contributed by atoms with Crippen LogP contribution in [0.3, 0.4) is 0 Å². The summed E-state index contributed by atoms with van der Waals surface area (Å²) in [6.45, 7) is 10.6. The smallest absolute Gasteiger partial charge is 0.310 e. The molecule has 0 aromatic heterocycles. The molecule has 2 rings (SSSR count). The highest BCUT2D eigenvalue weighted by atomic mass is 16.4. The Bertz CT molecular complexity index is 338. The number of piperazine rings is 1. The van der Waals surface area contributed by atoms with Crippen LogP contribution in [-0.4, -0.2) is 85.2 Å². The lowest BCUT2D eigenvalue weighted by atomic mass is 9.76. The van der Waals surface area contributed by atoms with E-state index in [4.69, 9.17) is 0 Å². The van der Waals surface area contributed by atoms with Crippen LogP contribution in [0.15, 0.2) is 0 Å². The predicted octanol–water partition coefficient (Wildman–Crippen LogP) is 1.20. The second-order valence-electron chi connectivity index (χ2n) is 6.86. The number of likely N-dealkylation sites (N-methyl/N-ethyl adjacent to an activating group) is 1. The Balaban J connectivity index is 1.82. The largest absolute Gasteiger partial charge is 0.481 e. The first-order valence-corrected chi connectivity index (χ1v) is 8.42. The molecule has 2 saturated heterocycles. The molecule has 5 nitrogen and oxygen atoms in total. The van der Waals surface area contributed by atoms with Gasteiger partial charge in [0.25, 0.3) is 0 Å². The van der Waals surface area contributed by atoms with Gasteiger partial charge in [-0.05, 0) is 32.9 Å². The third kappa shape index (κ3) is 4.41. The number of carboxylic acid groups (broad SMARTS) is 1. The van der Waals surface area contributed by atoms with Crippen molar-refractivity contribution in [2.75, 3.05) is 59.4 Å². The van der Waals surface area contributed by atoms with E-state index in [9.17, 15) is 9.90 Å². The molecule has 5 heteroatoms. The average Bonchev–Trinajstić information content (AvgIpc) is 2.47. The lowest BCUT2D eigenvalue weighted by Gasteiger charge is -2.41. The van der Waals surface area contributed by atoms with Crippen LogP contribution >= 0.6 is 0 Å². The summed E-state index contributed by atoms with van der Waals surface area (Å²) in [4.78, 5) is 19.0. The van der Waals surface area contributed by atoms with Crippen LogP contribution in [-0.2, 0) is 4.79 Å². The highest BCUT2D eigenvalue weighted by molar-refractivity contribution is 5.75. The molecular weight excluding hydrogens is 266 g/mol. The molecule has 21 heavy (non-hydrogen) atoms. The van der Waals surface area contributed by atoms with Crippen molar-refractivity contribution in [1.29, 1.82) is 0 Å². The molecule has 0 bridgehead atoms. The topological polar surface area (TPSA) is 47.0 Å². The van der Waals surface area contributed by atoms with Gasteiger partial charge in [-0.2, -0.15) is 0 Å². The number of aliphatic carboxylic acids is 1. The van der Waals surface area contributed by atoms with E-state index in [-0.39, 0.29) is 0 Å². The van der Waals surface area contributed by atoms with Crippen molar-refractivity contribution in [2.45, 2.75) is 32.6 Å². The van der Waals surface area contributed by atoms with Gasteiger partial charge in [0.05, 0.1) is 5.41 Å². The molecule has 0 aromatic carbocycles. The third-order valence-corrected chi connectivity index (χ3v) is 5.17. The lowest BCUT2D eigenvalue weighted by molar-refractivity contribution is -0.153. The summed E-state index contributed by atoms with van der Waals surface area (Å²) >= 11 is 0. The van der Waals surface area contributed by atoms with Crippen molar-refractivity contribution >= 4 is 5.97 Å². The first-order chi connectivity index (χ1) is 10.1. The Kier molecular flexibility index (Phi) is 6.02. The molecule has 0 radical (unpaired) electrons. The second kappa shape index (κ2) is 7.56. The fourth-order valence-electron chi connectivity index (χ4n) is 3.74. The normalized spacial score (nSPS) is 29.6. The Morgan fingerprint density at radius 3 is 2.38 bits per heavy atom. The van der Waals surface area contributed by atoms with Gasteiger partial charge in [-0.25, -0.2) is 0 Å². The van der Waals surface area contributed by atoms with Gasteiger partial charge >= 0.3 is 5.97 Å². The van der Waals surface area contributed by atoms with E-state index in [1.807, 2.05) is 0 Å². The first-order valence-electron chi connectivity index (χ1n) is 8.42. The van der Waals surface area contributed by atoms with E-state index in [0.717, 1.165) is 78.0 Å². The van der Waals surface area contributed by atoms with Gasteiger partial charge < -0.3 is 14.9 Å². The van der Waals surface area contributed by atoms with Crippen molar-refractivity contribution in [3.63, 3.8) is 0 Å². The molecule has 1 N–H and O–H groups in total. The summed E-state index contributed by atoms with van der Waals surface area (Å²) < 4.78 is 0. The Morgan fingerprint density at radius 2 is 1.76 bits per heavy atom. The van der Waals surface area contributed by atoms with E-state index in [1.54, 1.807) is 0 Å². The molecule has 122 valence electrons. The number of hydrogen-bond donors (Lipinski definition) is 1. The van der Waals surface area contributed by atoms with Crippen LogP contribution in [0.4, 0.5) is 0 Å². The summed E-state index contributed by atoms with van der Waals surface area (Å²) in [5, 5.41) is 9.64. The molecule has 2 fully saturated rings. The summed E-state index contributed by atoms with van der Waals surface area (Å²) in [7, 11) is 2.17. The van der Waals surface area contributed by atoms with Gasteiger partial charge in [0.15, 0.2) is 0 Å². The molecule has 1 atom stereocenters. The van der Waals surface area contributed by atoms with E-state index in [2.05, 4.69) is 28.7 Å². The average molecular weight is 297 g/mol. The fourth-order valence-corrected chi connectivity index (χ4v) is 3.74. The number of hydrogen-bond acceptors (Lipinski definition) is 4. The van der Waals surface area contributed by atoms with Gasteiger partial charge in [0.1, 0.15) is 0 Å². The van der Waals surface area contributed by atoms with E-state index >= 15 is 0 Å². The number of carbonyl (C=O) groups is 1. The van der Waals surface area contributed by atoms with Crippen molar-refractivity contribution < 1.29 is 9.90 Å². The summed E-state index contributed by atoms with van der Waals surface area (Å²) in [6, 6.07) is 0. The SMILES string of the molecule is CCCC1(C(=O)O)CCCN(CCN2CCN(C)CC2)C1. The van der Waals surface area contributed by atoms with Gasteiger partial charge in [-0.1, -0.05) is 13.3 Å². The maximum Gasteiger partial charge on any atom is 0.310 e. The monoisotopic (exact) mass is 297 g/mol. The van der Waals surface area contributed by atoms with Crippen LogP contribution in [0.25, 0.3) is 0 Å². The van der Waals surface area contributed by atoms with E-state index in [0.29, 0.717) is 0 Å². The molecular formula is C16H31N3O2. The third-order valence-electron chi connectivity index (χ3n) is 5.17. The molecule has 2 aliphatic heterocycles. The zero-order valence-electron chi connectivity index (χ0n) is 13.7. The first kappa shape index (κ1) is 16.7. The summed E-state index contributed by atoms with van der Waals surface area (Å²) in [6.07, 6.45) is 3.64. The van der Waals surface area contributed by atoms with Crippen molar-refractivity contribution in [3.05, 3.63) is 0 Å². The van der Waals surface area contributed by atoms with Crippen LogP contribution in [0.2, 0.25) is 0 Å². The maximum absolute atomic E-state index is 11.7. The quantitative estimate of drug-likeness (QED) is 0.798. The Labute approximate surface area is 128 Å². The number of carboxylic acids is 1. The zero-order valence-corrected chi connectivity index (χ0v) is 13.7. The Morgan fingerprint density at radius 1 is 1.10 bits per heavy atom. The standard InChI is InChI=1S/C16H31N3O2/c1-3-5-16(15(20)21)6-4-7-19(14-16)13-12-18-10-8-17(2)9-11-18/h3-14H2,1-2H3,(H,20,21). The van der Waals surface area contributed by atoms with Gasteiger partial charge in [0, 0.05) is 45.8 Å². The van der Waals surface area contributed by atoms with Crippen molar-refractivity contribution in [2.24, 2.45) is 5.41 Å². The lowest BCUT2D eigenvalue weighted by Crippen LogP contribution is -2.51. The minimum atomic E-state index is -0.589. The van der Waals surface area contributed by atoms with Crippen LogP contribution in [0.1, 0.15) is 32.6 Å². The highest BCUT2D eigenvalue weighted by Crippen LogP contribution is 2.34. The van der Waals surface area contributed by atoms with Crippen LogP contribution < -0.4 is 0 Å². The molecule has 0 aliphatic carbocycles. The summed E-state index contributed by atoms with van der Waals surface area (Å²) in [5.41, 5.74) is -0.491.